The Morgan fingerprint density at radius 1 is 1.31 bits per heavy atom. The molecule has 0 heterocycles. The van der Waals surface area contributed by atoms with Gasteiger partial charge in [0.15, 0.2) is 0 Å². The molecule has 2 rings (SSSR count). The zero-order valence-corrected chi connectivity index (χ0v) is 8.70. The number of aryl methyl sites for hydroxylation is 2. The van der Waals surface area contributed by atoms with Crippen LogP contribution in [0.5, 0.6) is 0 Å². The van der Waals surface area contributed by atoms with Gasteiger partial charge in [-0.15, -0.1) is 0 Å². The van der Waals surface area contributed by atoms with Gasteiger partial charge in [-0.3, -0.25) is 0 Å². The minimum atomic E-state index is 0.224. The van der Waals surface area contributed by atoms with Gasteiger partial charge in [-0.1, -0.05) is 18.2 Å². The molecule has 70 valence electrons. The molecule has 2 unspecified atom stereocenters. The third-order valence-electron chi connectivity index (χ3n) is 2.81. The van der Waals surface area contributed by atoms with E-state index in [0.29, 0.717) is 18.1 Å². The molecule has 1 fully saturated rings. The minimum Gasteiger partial charge on any atom is -0.165 e. The number of hydrogen-bond donors (Lipinski definition) is 0. The lowest BCUT2D eigenvalue weighted by molar-refractivity contribution is 0.928. The number of hydrogen-bond acceptors (Lipinski definition) is 1. The van der Waals surface area contributed by atoms with Gasteiger partial charge in [0.2, 0.25) is 0 Å². The molecule has 0 aromatic heterocycles. The quantitative estimate of drug-likeness (QED) is 0.693. The van der Waals surface area contributed by atoms with E-state index in [0.717, 1.165) is 6.42 Å². The molecule has 2 heteroatoms. The smallest absolute Gasteiger partial charge is 0.0483 e. The molecule has 13 heavy (non-hydrogen) atoms. The van der Waals surface area contributed by atoms with Crippen LogP contribution >= 0.6 is 12.1 Å². The van der Waals surface area contributed by atoms with Crippen LogP contribution in [0.1, 0.15) is 29.0 Å². The van der Waals surface area contributed by atoms with Gasteiger partial charge in [0.05, 0.1) is 0 Å². The summed E-state index contributed by atoms with van der Waals surface area (Å²) in [5, 5.41) is 0.224. The first-order chi connectivity index (χ1) is 6.22. The maximum Gasteiger partial charge on any atom is 0.0483 e. The summed E-state index contributed by atoms with van der Waals surface area (Å²) >= 11 is 0.504. The molecule has 0 radical (unpaired) electrons. The van der Waals surface area contributed by atoms with Crippen molar-refractivity contribution in [2.45, 2.75) is 31.4 Å². The average molecular weight is 196 g/mol. The zero-order valence-electron chi connectivity index (χ0n) is 7.88. The summed E-state index contributed by atoms with van der Waals surface area (Å²) in [5.41, 5.74) is 3.93. The van der Waals surface area contributed by atoms with Crippen molar-refractivity contribution in [1.82, 2.24) is 0 Å². The maximum atomic E-state index is 12.2. The Morgan fingerprint density at radius 2 is 2.08 bits per heavy atom. The summed E-state index contributed by atoms with van der Waals surface area (Å²) in [5.74, 6) is 0.467. The highest BCUT2D eigenvalue weighted by atomic mass is 32.2. The van der Waals surface area contributed by atoms with E-state index in [2.05, 4.69) is 32.0 Å². The zero-order chi connectivity index (χ0) is 9.42. The maximum absolute atomic E-state index is 12.2. The molecule has 1 saturated carbocycles. The third kappa shape index (κ3) is 1.73. The molecule has 0 nitrogen and oxygen atoms in total. The van der Waals surface area contributed by atoms with Crippen molar-refractivity contribution in [2.75, 3.05) is 0 Å². The van der Waals surface area contributed by atoms with Gasteiger partial charge >= 0.3 is 0 Å². The Kier molecular flexibility index (Phi) is 2.33. The highest BCUT2D eigenvalue weighted by Crippen LogP contribution is 2.49. The molecule has 0 aliphatic heterocycles. The second kappa shape index (κ2) is 3.33. The predicted molar refractivity (Wildman–Crippen MR) is 55.8 cm³/mol. The molecule has 0 spiro atoms. The molecule has 1 aromatic rings. The van der Waals surface area contributed by atoms with E-state index in [-0.39, 0.29) is 5.25 Å². The second-order valence-corrected chi connectivity index (χ2v) is 4.60. The topological polar surface area (TPSA) is 0 Å². The molecule has 1 aromatic carbocycles. The summed E-state index contributed by atoms with van der Waals surface area (Å²) < 4.78 is 12.2. The largest absolute Gasteiger partial charge is 0.165 e. The molecular weight excluding hydrogens is 183 g/mol. The van der Waals surface area contributed by atoms with Crippen molar-refractivity contribution < 1.29 is 3.89 Å². The Morgan fingerprint density at radius 3 is 2.62 bits per heavy atom. The predicted octanol–water partition coefficient (Wildman–Crippen LogP) is 3.78. The van der Waals surface area contributed by atoms with Crippen molar-refractivity contribution in [3.05, 3.63) is 34.9 Å². The molecular formula is C11H13FS. The van der Waals surface area contributed by atoms with Gasteiger partial charge in [0.25, 0.3) is 0 Å². The van der Waals surface area contributed by atoms with E-state index in [1.807, 2.05) is 0 Å². The van der Waals surface area contributed by atoms with Gasteiger partial charge in [-0.2, -0.15) is 3.89 Å². The fourth-order valence-electron chi connectivity index (χ4n) is 1.62. The molecule has 0 N–H and O–H groups in total. The average Bonchev–Trinajstić information content (AvgIpc) is 2.88. The molecule has 1 aliphatic carbocycles. The van der Waals surface area contributed by atoms with Crippen molar-refractivity contribution in [3.8, 4) is 0 Å². The van der Waals surface area contributed by atoms with Crippen molar-refractivity contribution >= 4 is 12.1 Å². The van der Waals surface area contributed by atoms with E-state index in [1.165, 1.54) is 16.7 Å². The fourth-order valence-corrected chi connectivity index (χ4v) is 2.18. The van der Waals surface area contributed by atoms with Gasteiger partial charge in [-0.25, -0.2) is 0 Å². The van der Waals surface area contributed by atoms with Gasteiger partial charge in [-0.05, 0) is 42.9 Å². The van der Waals surface area contributed by atoms with Crippen LogP contribution in [0, 0.1) is 13.8 Å². The number of halogens is 1. The number of benzene rings is 1. The van der Waals surface area contributed by atoms with Gasteiger partial charge in [0, 0.05) is 17.4 Å². The highest BCUT2D eigenvalue weighted by Gasteiger charge is 2.39. The standard InChI is InChI=1S/C11H13FS/c1-7-3-4-9(5-8(7)2)10-6-11(10)13-12/h3-5,10-11H,6H2,1-2H3. The van der Waals surface area contributed by atoms with Crippen LogP contribution in [-0.2, 0) is 0 Å². The normalized spacial score (nSPS) is 26.1. The van der Waals surface area contributed by atoms with Crippen LogP contribution in [0.25, 0.3) is 0 Å². The summed E-state index contributed by atoms with van der Waals surface area (Å²) in [6.07, 6.45) is 1.00. The fraction of sp³-hybridized carbons (Fsp3) is 0.455. The van der Waals surface area contributed by atoms with Crippen molar-refractivity contribution in [3.63, 3.8) is 0 Å². The van der Waals surface area contributed by atoms with E-state index >= 15 is 0 Å². The van der Waals surface area contributed by atoms with E-state index in [4.69, 9.17) is 0 Å². The van der Waals surface area contributed by atoms with Crippen LogP contribution in [0.15, 0.2) is 18.2 Å². The van der Waals surface area contributed by atoms with E-state index < -0.39 is 0 Å². The third-order valence-corrected chi connectivity index (χ3v) is 3.56. The first-order valence-corrected chi connectivity index (χ1v) is 5.35. The first kappa shape index (κ1) is 9.07. The monoisotopic (exact) mass is 196 g/mol. The molecule has 0 amide bonds. The summed E-state index contributed by atoms with van der Waals surface area (Å²) in [6, 6.07) is 6.45. The Hall–Kier alpha value is -0.500. The van der Waals surface area contributed by atoms with Crippen LogP contribution in [0.2, 0.25) is 0 Å². The van der Waals surface area contributed by atoms with E-state index in [9.17, 15) is 3.89 Å². The van der Waals surface area contributed by atoms with E-state index in [1.54, 1.807) is 0 Å². The molecule has 1 aliphatic rings. The van der Waals surface area contributed by atoms with Crippen molar-refractivity contribution in [2.24, 2.45) is 0 Å². The lowest BCUT2D eigenvalue weighted by Gasteiger charge is -2.03. The van der Waals surface area contributed by atoms with Gasteiger partial charge < -0.3 is 0 Å². The Balaban J connectivity index is 2.19. The molecule has 2 atom stereocenters. The van der Waals surface area contributed by atoms with Crippen molar-refractivity contribution in [1.29, 1.82) is 0 Å². The lowest BCUT2D eigenvalue weighted by atomic mass is 10.0. The summed E-state index contributed by atoms with van der Waals surface area (Å²) in [4.78, 5) is 0. The second-order valence-electron chi connectivity index (χ2n) is 3.81. The van der Waals surface area contributed by atoms with Crippen LogP contribution in [-0.4, -0.2) is 5.25 Å². The van der Waals surface area contributed by atoms with Crippen LogP contribution < -0.4 is 0 Å². The highest BCUT2D eigenvalue weighted by molar-refractivity contribution is 7.95. The van der Waals surface area contributed by atoms with Crippen LogP contribution in [0.4, 0.5) is 3.89 Å². The Labute approximate surface area is 82.8 Å². The summed E-state index contributed by atoms with van der Waals surface area (Å²) in [7, 11) is 0. The minimum absolute atomic E-state index is 0.224. The SMILES string of the molecule is Cc1ccc(C2CC2SF)cc1C. The number of rotatable bonds is 2. The Bertz CT molecular complexity index is 322. The molecule has 0 saturated heterocycles. The molecule has 0 bridgehead atoms. The summed E-state index contributed by atoms with van der Waals surface area (Å²) in [6.45, 7) is 4.21. The van der Waals surface area contributed by atoms with Crippen LogP contribution in [0.3, 0.4) is 0 Å². The first-order valence-electron chi connectivity index (χ1n) is 4.57. The van der Waals surface area contributed by atoms with Gasteiger partial charge in [0.1, 0.15) is 0 Å². The lowest BCUT2D eigenvalue weighted by Crippen LogP contribution is -1.87.